The smallest absolute Gasteiger partial charge is 0.125 e. The van der Waals surface area contributed by atoms with Gasteiger partial charge >= 0.3 is 0 Å². The average molecular weight is 295 g/mol. The molecule has 0 saturated carbocycles. The molecule has 0 aliphatic carbocycles. The summed E-state index contributed by atoms with van der Waals surface area (Å²) in [5.74, 6) is 3.44. The number of aryl methyl sites for hydroxylation is 2. The molecular formula is C17H29NOS. The molecule has 0 aromatic heterocycles. The molecule has 0 aliphatic heterocycles. The SMILES string of the molecule is CCSCCCOc1c(C)cc(CNC(C)C)cc1C. The van der Waals surface area contributed by atoms with Crippen LogP contribution in [0.3, 0.4) is 0 Å². The molecule has 0 radical (unpaired) electrons. The molecule has 114 valence electrons. The normalized spacial score (nSPS) is 11.1. The monoisotopic (exact) mass is 295 g/mol. The Balaban J connectivity index is 2.55. The van der Waals surface area contributed by atoms with Crippen molar-refractivity contribution in [3.05, 3.63) is 28.8 Å². The molecular weight excluding hydrogens is 266 g/mol. The van der Waals surface area contributed by atoms with Gasteiger partial charge in [0.15, 0.2) is 0 Å². The molecule has 1 N–H and O–H groups in total. The minimum atomic E-state index is 0.516. The summed E-state index contributed by atoms with van der Waals surface area (Å²) in [4.78, 5) is 0. The molecule has 1 rings (SSSR count). The second-order valence-corrected chi connectivity index (χ2v) is 6.89. The van der Waals surface area contributed by atoms with Crippen molar-refractivity contribution in [3.63, 3.8) is 0 Å². The summed E-state index contributed by atoms with van der Waals surface area (Å²) in [6, 6.07) is 4.99. The van der Waals surface area contributed by atoms with E-state index in [-0.39, 0.29) is 0 Å². The number of rotatable bonds is 9. The lowest BCUT2D eigenvalue weighted by molar-refractivity contribution is 0.314. The summed E-state index contributed by atoms with van der Waals surface area (Å²) in [6.45, 7) is 12.6. The van der Waals surface area contributed by atoms with E-state index in [1.807, 2.05) is 11.8 Å². The maximum absolute atomic E-state index is 5.96. The van der Waals surface area contributed by atoms with Crippen LogP contribution in [0.5, 0.6) is 5.75 Å². The highest BCUT2D eigenvalue weighted by Crippen LogP contribution is 2.25. The number of benzene rings is 1. The lowest BCUT2D eigenvalue weighted by atomic mass is 10.1. The fourth-order valence-corrected chi connectivity index (χ4v) is 2.78. The van der Waals surface area contributed by atoms with Crippen molar-refractivity contribution >= 4 is 11.8 Å². The fraction of sp³-hybridized carbons (Fsp3) is 0.647. The first kappa shape index (κ1) is 17.4. The third kappa shape index (κ3) is 6.19. The summed E-state index contributed by atoms with van der Waals surface area (Å²) in [5.41, 5.74) is 3.82. The van der Waals surface area contributed by atoms with Crippen LogP contribution in [-0.4, -0.2) is 24.2 Å². The van der Waals surface area contributed by atoms with E-state index in [2.05, 4.69) is 52.1 Å². The fourth-order valence-electron chi connectivity index (χ4n) is 2.17. The van der Waals surface area contributed by atoms with Gasteiger partial charge in [-0.1, -0.05) is 32.9 Å². The first-order chi connectivity index (χ1) is 9.54. The minimum absolute atomic E-state index is 0.516. The van der Waals surface area contributed by atoms with Crippen molar-refractivity contribution in [2.75, 3.05) is 18.1 Å². The molecule has 0 atom stereocenters. The number of nitrogens with one attached hydrogen (secondary N) is 1. The zero-order valence-corrected chi connectivity index (χ0v) is 14.4. The predicted molar refractivity (Wildman–Crippen MR) is 91.0 cm³/mol. The maximum Gasteiger partial charge on any atom is 0.125 e. The maximum atomic E-state index is 5.96. The topological polar surface area (TPSA) is 21.3 Å². The van der Waals surface area contributed by atoms with Gasteiger partial charge in [0.25, 0.3) is 0 Å². The third-order valence-electron chi connectivity index (χ3n) is 3.12. The second-order valence-electron chi connectivity index (χ2n) is 5.49. The molecule has 2 nitrogen and oxygen atoms in total. The Kier molecular flexibility index (Phi) is 8.08. The van der Waals surface area contributed by atoms with E-state index in [1.165, 1.54) is 28.2 Å². The van der Waals surface area contributed by atoms with Crippen LogP contribution in [0.1, 0.15) is 43.9 Å². The summed E-state index contributed by atoms with van der Waals surface area (Å²) < 4.78 is 5.96. The van der Waals surface area contributed by atoms with Crippen molar-refractivity contribution in [2.45, 2.75) is 53.6 Å². The van der Waals surface area contributed by atoms with Crippen molar-refractivity contribution in [2.24, 2.45) is 0 Å². The van der Waals surface area contributed by atoms with E-state index in [1.54, 1.807) is 0 Å². The van der Waals surface area contributed by atoms with Gasteiger partial charge in [-0.15, -0.1) is 0 Å². The van der Waals surface area contributed by atoms with Gasteiger partial charge < -0.3 is 10.1 Å². The second kappa shape index (κ2) is 9.30. The van der Waals surface area contributed by atoms with Crippen molar-refractivity contribution in [1.82, 2.24) is 5.32 Å². The van der Waals surface area contributed by atoms with Crippen LogP contribution in [0.15, 0.2) is 12.1 Å². The largest absolute Gasteiger partial charge is 0.493 e. The Morgan fingerprint density at radius 3 is 2.40 bits per heavy atom. The third-order valence-corrected chi connectivity index (χ3v) is 4.10. The van der Waals surface area contributed by atoms with E-state index < -0.39 is 0 Å². The Morgan fingerprint density at radius 1 is 1.20 bits per heavy atom. The summed E-state index contributed by atoms with van der Waals surface area (Å²) in [6.07, 6.45) is 1.12. The van der Waals surface area contributed by atoms with Crippen LogP contribution in [0.2, 0.25) is 0 Å². The number of hydrogen-bond donors (Lipinski definition) is 1. The molecule has 1 aromatic carbocycles. The molecule has 0 saturated heterocycles. The number of ether oxygens (including phenoxy) is 1. The first-order valence-electron chi connectivity index (χ1n) is 7.58. The van der Waals surface area contributed by atoms with Crippen LogP contribution in [0, 0.1) is 13.8 Å². The van der Waals surface area contributed by atoms with Crippen LogP contribution >= 0.6 is 11.8 Å². The van der Waals surface area contributed by atoms with Gasteiger partial charge in [-0.25, -0.2) is 0 Å². The molecule has 0 bridgehead atoms. The van der Waals surface area contributed by atoms with Crippen molar-refractivity contribution < 1.29 is 4.74 Å². The van der Waals surface area contributed by atoms with E-state index in [4.69, 9.17) is 4.74 Å². The quantitative estimate of drug-likeness (QED) is 0.685. The summed E-state index contributed by atoms with van der Waals surface area (Å²) >= 11 is 1.98. The molecule has 0 heterocycles. The minimum Gasteiger partial charge on any atom is -0.493 e. The molecule has 0 amide bonds. The Bertz CT molecular complexity index is 381. The zero-order valence-electron chi connectivity index (χ0n) is 13.6. The van der Waals surface area contributed by atoms with E-state index >= 15 is 0 Å². The molecule has 20 heavy (non-hydrogen) atoms. The number of hydrogen-bond acceptors (Lipinski definition) is 3. The highest BCUT2D eigenvalue weighted by molar-refractivity contribution is 7.99. The van der Waals surface area contributed by atoms with Crippen LogP contribution in [0.4, 0.5) is 0 Å². The van der Waals surface area contributed by atoms with Gasteiger partial charge in [0.05, 0.1) is 6.61 Å². The highest BCUT2D eigenvalue weighted by atomic mass is 32.2. The van der Waals surface area contributed by atoms with E-state index in [0.29, 0.717) is 6.04 Å². The number of thioether (sulfide) groups is 1. The van der Waals surface area contributed by atoms with E-state index in [9.17, 15) is 0 Å². The lowest BCUT2D eigenvalue weighted by Gasteiger charge is -2.15. The summed E-state index contributed by atoms with van der Waals surface area (Å²) in [5, 5.41) is 3.46. The average Bonchev–Trinajstić information content (AvgIpc) is 2.38. The molecule has 0 unspecified atom stereocenters. The lowest BCUT2D eigenvalue weighted by Crippen LogP contribution is -2.21. The first-order valence-corrected chi connectivity index (χ1v) is 8.74. The molecule has 1 aromatic rings. The van der Waals surface area contributed by atoms with Crippen molar-refractivity contribution in [3.8, 4) is 5.75 Å². The Labute approximate surface area is 128 Å². The standard InChI is InChI=1S/C17H29NOS/c1-6-20-9-7-8-19-17-14(4)10-16(11-15(17)5)12-18-13(2)3/h10-11,13,18H,6-9,12H2,1-5H3. The zero-order chi connectivity index (χ0) is 15.0. The van der Waals surface area contributed by atoms with Gasteiger partial charge in [0.1, 0.15) is 5.75 Å². The van der Waals surface area contributed by atoms with Crippen molar-refractivity contribution in [1.29, 1.82) is 0 Å². The summed E-state index contributed by atoms with van der Waals surface area (Å²) in [7, 11) is 0. The predicted octanol–water partition coefficient (Wildman–Crippen LogP) is 4.32. The van der Waals surface area contributed by atoms with Gasteiger partial charge in [0, 0.05) is 12.6 Å². The Hall–Kier alpha value is -0.670. The Morgan fingerprint density at radius 2 is 1.85 bits per heavy atom. The van der Waals surface area contributed by atoms with Gasteiger partial charge in [-0.05, 0) is 48.5 Å². The molecule has 0 spiro atoms. The van der Waals surface area contributed by atoms with Crippen LogP contribution in [0.25, 0.3) is 0 Å². The van der Waals surface area contributed by atoms with Crippen LogP contribution < -0.4 is 10.1 Å². The van der Waals surface area contributed by atoms with Crippen LogP contribution in [-0.2, 0) is 6.54 Å². The molecule has 0 fully saturated rings. The molecule has 3 heteroatoms. The van der Waals surface area contributed by atoms with E-state index in [0.717, 1.165) is 25.3 Å². The van der Waals surface area contributed by atoms with Gasteiger partial charge in [0.2, 0.25) is 0 Å². The van der Waals surface area contributed by atoms with Gasteiger partial charge in [-0.2, -0.15) is 11.8 Å². The molecule has 0 aliphatic rings. The van der Waals surface area contributed by atoms with Gasteiger partial charge in [-0.3, -0.25) is 0 Å². The highest BCUT2D eigenvalue weighted by Gasteiger charge is 2.07.